The topological polar surface area (TPSA) is 61.9 Å². The summed E-state index contributed by atoms with van der Waals surface area (Å²) in [7, 11) is 0. The summed E-state index contributed by atoms with van der Waals surface area (Å²) in [4.78, 5) is 29.0. The van der Waals surface area contributed by atoms with Gasteiger partial charge in [-0.1, -0.05) is 48.3 Å². The Morgan fingerprint density at radius 3 is 2.48 bits per heavy atom. The van der Waals surface area contributed by atoms with Crippen molar-refractivity contribution < 1.29 is 14.3 Å². The van der Waals surface area contributed by atoms with Crippen LogP contribution in [-0.4, -0.2) is 60.4 Å². The minimum Gasteiger partial charge on any atom is -0.479 e. The number of aryl methyl sites for hydroxylation is 1. The zero-order chi connectivity index (χ0) is 22.4. The van der Waals surface area contributed by atoms with Crippen molar-refractivity contribution in [1.82, 2.24) is 9.80 Å². The van der Waals surface area contributed by atoms with Crippen molar-refractivity contribution in [3.63, 3.8) is 0 Å². The molecule has 1 aliphatic rings. The van der Waals surface area contributed by atoms with Crippen molar-refractivity contribution in [2.24, 2.45) is 0 Å². The van der Waals surface area contributed by atoms with Gasteiger partial charge in [0.2, 0.25) is 5.91 Å². The van der Waals surface area contributed by atoms with E-state index in [4.69, 9.17) is 27.9 Å². The van der Waals surface area contributed by atoms with Crippen molar-refractivity contribution in [1.29, 1.82) is 0 Å². The predicted octanol–water partition coefficient (Wildman–Crippen LogP) is 4.11. The molecule has 0 aromatic heterocycles. The Morgan fingerprint density at radius 1 is 1.10 bits per heavy atom. The van der Waals surface area contributed by atoms with Crippen molar-refractivity contribution in [2.75, 3.05) is 38.0 Å². The van der Waals surface area contributed by atoms with Crippen molar-refractivity contribution >= 4 is 40.7 Å². The van der Waals surface area contributed by atoms with Gasteiger partial charge in [0.1, 0.15) is 5.75 Å². The first-order chi connectivity index (χ1) is 14.9. The average Bonchev–Trinajstić information content (AvgIpc) is 2.76. The minimum absolute atomic E-state index is 0.0465. The summed E-state index contributed by atoms with van der Waals surface area (Å²) in [5.74, 6) is 0.274. The van der Waals surface area contributed by atoms with Gasteiger partial charge in [0.05, 0.1) is 11.6 Å². The molecule has 8 heteroatoms. The van der Waals surface area contributed by atoms with E-state index >= 15 is 0 Å². The largest absolute Gasteiger partial charge is 0.479 e. The van der Waals surface area contributed by atoms with E-state index in [0.717, 1.165) is 17.7 Å². The fourth-order valence-corrected chi connectivity index (χ4v) is 3.99. The first kappa shape index (κ1) is 23.4. The maximum Gasteiger partial charge on any atom is 0.263 e. The van der Waals surface area contributed by atoms with E-state index in [1.165, 1.54) is 0 Å². The fourth-order valence-electron chi connectivity index (χ4n) is 3.54. The van der Waals surface area contributed by atoms with Gasteiger partial charge in [-0.3, -0.25) is 14.5 Å². The van der Waals surface area contributed by atoms with Crippen LogP contribution in [0.4, 0.5) is 5.69 Å². The molecule has 1 saturated heterocycles. The maximum absolute atomic E-state index is 12.8. The van der Waals surface area contributed by atoms with Crippen LogP contribution in [0.1, 0.15) is 19.4 Å². The van der Waals surface area contributed by atoms with Crippen LogP contribution < -0.4 is 10.1 Å². The molecule has 1 heterocycles. The van der Waals surface area contributed by atoms with E-state index in [1.807, 2.05) is 24.3 Å². The molecule has 1 fully saturated rings. The number of para-hydroxylation sites is 1. The molecule has 166 valence electrons. The first-order valence-electron chi connectivity index (χ1n) is 10.4. The van der Waals surface area contributed by atoms with E-state index in [-0.39, 0.29) is 11.8 Å². The second-order valence-electron chi connectivity index (χ2n) is 7.50. The first-order valence-corrected chi connectivity index (χ1v) is 11.1. The molecule has 0 radical (unpaired) electrons. The maximum atomic E-state index is 12.8. The molecule has 1 N–H and O–H groups in total. The van der Waals surface area contributed by atoms with Gasteiger partial charge >= 0.3 is 0 Å². The third-order valence-electron chi connectivity index (χ3n) is 5.27. The highest BCUT2D eigenvalue weighted by molar-refractivity contribution is 6.35. The molecule has 31 heavy (non-hydrogen) atoms. The van der Waals surface area contributed by atoms with E-state index in [9.17, 15) is 9.59 Å². The summed E-state index contributed by atoms with van der Waals surface area (Å²) in [5, 5.41) is 3.87. The molecule has 3 rings (SSSR count). The van der Waals surface area contributed by atoms with E-state index in [2.05, 4.69) is 17.1 Å². The van der Waals surface area contributed by atoms with E-state index < -0.39 is 6.10 Å². The third-order valence-corrected chi connectivity index (χ3v) is 5.80. The quantitative estimate of drug-likeness (QED) is 0.670. The molecule has 6 nitrogen and oxygen atoms in total. The van der Waals surface area contributed by atoms with Crippen LogP contribution in [0.25, 0.3) is 0 Å². The Labute approximate surface area is 193 Å². The van der Waals surface area contributed by atoms with Crippen LogP contribution >= 0.6 is 23.2 Å². The van der Waals surface area contributed by atoms with Gasteiger partial charge in [-0.2, -0.15) is 0 Å². The van der Waals surface area contributed by atoms with Gasteiger partial charge in [-0.15, -0.1) is 0 Å². The molecule has 1 atom stereocenters. The number of piperazine rings is 1. The third kappa shape index (κ3) is 6.35. The second-order valence-corrected chi connectivity index (χ2v) is 8.34. The molecule has 0 spiro atoms. The monoisotopic (exact) mass is 463 g/mol. The molecule has 2 aromatic rings. The number of ether oxygens (including phenoxy) is 1. The van der Waals surface area contributed by atoms with Gasteiger partial charge in [0, 0.05) is 36.9 Å². The molecular formula is C23H27Cl2N3O3. The van der Waals surface area contributed by atoms with Gasteiger partial charge in [-0.25, -0.2) is 0 Å². The van der Waals surface area contributed by atoms with Crippen LogP contribution in [0.15, 0.2) is 42.5 Å². The molecule has 0 aliphatic carbocycles. The lowest BCUT2D eigenvalue weighted by Gasteiger charge is -2.35. The number of anilines is 1. The van der Waals surface area contributed by atoms with Crippen LogP contribution in [0, 0.1) is 0 Å². The predicted molar refractivity (Wildman–Crippen MR) is 124 cm³/mol. The highest BCUT2D eigenvalue weighted by atomic mass is 35.5. The molecule has 1 aliphatic heterocycles. The number of carbonyl (C=O) groups excluding carboxylic acids is 2. The zero-order valence-electron chi connectivity index (χ0n) is 17.7. The molecular weight excluding hydrogens is 437 g/mol. The lowest BCUT2D eigenvalue weighted by Crippen LogP contribution is -2.53. The van der Waals surface area contributed by atoms with E-state index in [0.29, 0.717) is 48.5 Å². The number of carbonyl (C=O) groups is 2. The van der Waals surface area contributed by atoms with Gasteiger partial charge < -0.3 is 15.0 Å². The van der Waals surface area contributed by atoms with Gasteiger partial charge in [-0.05, 0) is 43.2 Å². The smallest absolute Gasteiger partial charge is 0.263 e. The lowest BCUT2D eigenvalue weighted by atomic mass is 10.1. The van der Waals surface area contributed by atoms with Crippen LogP contribution in [0.3, 0.4) is 0 Å². The number of nitrogens with one attached hydrogen (secondary N) is 1. The number of hydrogen-bond acceptors (Lipinski definition) is 4. The van der Waals surface area contributed by atoms with Crippen LogP contribution in [0.2, 0.25) is 10.0 Å². The number of benzene rings is 2. The summed E-state index contributed by atoms with van der Waals surface area (Å²) in [6.07, 6.45) is 0.192. The summed E-state index contributed by atoms with van der Waals surface area (Å²) >= 11 is 12.0. The summed E-state index contributed by atoms with van der Waals surface area (Å²) in [5.41, 5.74) is 1.97. The highest BCUT2D eigenvalue weighted by Gasteiger charge is 2.27. The molecule has 0 saturated carbocycles. The molecule has 2 amide bonds. The Balaban J connectivity index is 1.47. The van der Waals surface area contributed by atoms with Gasteiger partial charge in [0.15, 0.2) is 6.10 Å². The number of rotatable bonds is 7. The minimum atomic E-state index is -0.668. The van der Waals surface area contributed by atoms with Crippen molar-refractivity contribution in [3.8, 4) is 5.75 Å². The second kappa shape index (κ2) is 10.8. The van der Waals surface area contributed by atoms with Crippen LogP contribution in [0.5, 0.6) is 5.75 Å². The molecule has 2 aromatic carbocycles. The Morgan fingerprint density at radius 2 is 1.81 bits per heavy atom. The number of halogens is 2. The van der Waals surface area contributed by atoms with Crippen molar-refractivity contribution in [2.45, 2.75) is 26.4 Å². The average molecular weight is 464 g/mol. The number of nitrogens with zero attached hydrogens (tertiary/aromatic N) is 2. The van der Waals surface area contributed by atoms with E-state index in [1.54, 1.807) is 30.0 Å². The SMILES string of the molecule is CCc1ccccc1NC(=O)CN1CCN(C(=O)[C@H](C)Oc2ccc(Cl)cc2Cl)CC1. The Bertz CT molecular complexity index is 930. The fraction of sp³-hybridized carbons (Fsp3) is 0.391. The van der Waals surface area contributed by atoms with Crippen LogP contribution in [-0.2, 0) is 16.0 Å². The summed E-state index contributed by atoms with van der Waals surface area (Å²) in [6.45, 7) is 6.41. The highest BCUT2D eigenvalue weighted by Crippen LogP contribution is 2.28. The number of amides is 2. The summed E-state index contributed by atoms with van der Waals surface area (Å²) < 4.78 is 5.74. The lowest BCUT2D eigenvalue weighted by molar-refractivity contribution is -0.139. The zero-order valence-corrected chi connectivity index (χ0v) is 19.2. The standard InChI is InChI=1S/C23H27Cl2N3O3/c1-3-17-6-4-5-7-20(17)26-22(29)15-27-10-12-28(13-11-27)23(30)16(2)31-21-9-8-18(24)14-19(21)25/h4-9,14,16H,3,10-13,15H2,1-2H3,(H,26,29)/t16-/m0/s1. The molecule has 0 bridgehead atoms. The normalized spacial score (nSPS) is 15.4. The van der Waals surface area contributed by atoms with Crippen molar-refractivity contribution in [3.05, 3.63) is 58.1 Å². The number of hydrogen-bond donors (Lipinski definition) is 1. The Kier molecular flexibility index (Phi) is 8.18. The Hall–Kier alpha value is -2.28. The summed E-state index contributed by atoms with van der Waals surface area (Å²) in [6, 6.07) is 12.7. The molecule has 0 unspecified atom stereocenters. The van der Waals surface area contributed by atoms with Gasteiger partial charge in [0.25, 0.3) is 5.91 Å².